The third kappa shape index (κ3) is 20.8. The zero-order chi connectivity index (χ0) is 21.3. The molecule has 1 nitrogen and oxygen atoms in total. The van der Waals surface area contributed by atoms with E-state index >= 15 is 0 Å². The van der Waals surface area contributed by atoms with E-state index in [1.807, 2.05) is 0 Å². The first-order chi connectivity index (χ1) is 14.3. The highest BCUT2D eigenvalue weighted by atomic mass is 127. The highest BCUT2D eigenvalue weighted by Crippen LogP contribution is 1.61. The van der Waals surface area contributed by atoms with Crippen LogP contribution in [0.15, 0.2) is 0 Å². The Kier molecular flexibility index (Phi) is 16.2. The van der Waals surface area contributed by atoms with Gasteiger partial charge in [0.25, 0.3) is 0 Å². The Morgan fingerprint density at radius 3 is 0.857 bits per heavy atom. The monoisotopic (exact) mass is 457 g/mol. The third-order valence-electron chi connectivity index (χ3n) is 1.55. The van der Waals surface area contributed by atoms with Gasteiger partial charge >= 0.3 is 0 Å². The fourth-order valence-electron chi connectivity index (χ4n) is 0.741. The molecule has 0 spiro atoms. The normalized spacial score (nSPS) is 4.50. The Morgan fingerprint density at radius 2 is 0.643 bits per heavy atom. The quantitative estimate of drug-likeness (QED) is 0.243. The van der Waals surface area contributed by atoms with Gasteiger partial charge in [-0.15, -0.1) is 6.42 Å². The van der Waals surface area contributed by atoms with E-state index in [-0.39, 0.29) is 0 Å². The molecular formula is C26H2IN. The van der Waals surface area contributed by atoms with Crippen molar-refractivity contribution in [3.05, 3.63) is 0 Å². The van der Waals surface area contributed by atoms with Crippen LogP contribution in [0.3, 0.4) is 0 Å². The Labute approximate surface area is 181 Å². The van der Waals surface area contributed by atoms with E-state index in [4.69, 9.17) is 7.84 Å². The van der Waals surface area contributed by atoms with E-state index < -0.39 is 0 Å². The lowest BCUT2D eigenvalue weighted by Gasteiger charge is -1.65. The summed E-state index contributed by atoms with van der Waals surface area (Å²) in [5, 5.41) is 0. The number of nitrogens with one attached hydrogen (secondary N) is 1. The minimum atomic E-state index is 0.914. The molecule has 28 heavy (non-hydrogen) atoms. The number of terminal acetylenes is 1. The van der Waals surface area contributed by atoms with Crippen molar-refractivity contribution in [2.75, 3.05) is 0 Å². The molecule has 1 N–H and O–H groups in total. The van der Waals surface area contributed by atoms with Crippen molar-refractivity contribution in [1.29, 1.82) is 0 Å². The SMILES string of the molecule is [3H]N(I)C#CC#CC#CC#CC#CC#CC#CC#CC#CC#CC#CC#CC#C. The highest BCUT2D eigenvalue weighted by Gasteiger charge is 1.59. The zero-order valence-electron chi connectivity index (χ0n) is 14.9. The molecule has 0 aromatic carbocycles. The van der Waals surface area contributed by atoms with Gasteiger partial charge < -0.3 is 0 Å². The fourth-order valence-corrected chi connectivity index (χ4v) is 0.862. The summed E-state index contributed by atoms with van der Waals surface area (Å²) >= 11 is 1.69. The van der Waals surface area contributed by atoms with Crippen molar-refractivity contribution in [2.24, 2.45) is 0 Å². The average molecular weight is 457 g/mol. The molecule has 0 radical (unpaired) electrons. The molecular weight excluding hydrogens is 453 g/mol. The van der Waals surface area contributed by atoms with Crippen LogP contribution in [0.4, 0.5) is 0 Å². The van der Waals surface area contributed by atoms with Crippen LogP contribution in [0.2, 0.25) is 1.41 Å². The predicted octanol–water partition coefficient (Wildman–Crippen LogP) is 0.557. The maximum Gasteiger partial charge on any atom is 0.183 e. The summed E-state index contributed by atoms with van der Waals surface area (Å²) in [4.78, 5) is 0. The summed E-state index contributed by atoms with van der Waals surface area (Å²) in [6, 6.07) is 2.39. The molecule has 0 unspecified atom stereocenters. The molecule has 0 saturated carbocycles. The van der Waals surface area contributed by atoms with E-state index in [0.717, 1.165) is 3.52 Å². The molecule has 0 amide bonds. The van der Waals surface area contributed by atoms with Gasteiger partial charge in [0, 0.05) is 101 Å². The lowest BCUT2D eigenvalue weighted by molar-refractivity contribution is 1.61. The Bertz CT molecular complexity index is 1440. The number of halogens is 1. The second-order valence-electron chi connectivity index (χ2n) is 3.22. The van der Waals surface area contributed by atoms with Gasteiger partial charge in [-0.05, 0) is 47.4 Å². The van der Waals surface area contributed by atoms with Crippen LogP contribution in [0, 0.1) is 155 Å². The summed E-state index contributed by atoms with van der Waals surface area (Å²) in [5.41, 5.74) is 0. The zero-order valence-corrected chi connectivity index (χ0v) is 16.1. The molecule has 0 aromatic rings. The summed E-state index contributed by atoms with van der Waals surface area (Å²) in [6.07, 6.45) is 4.91. The van der Waals surface area contributed by atoms with E-state index in [2.05, 4.69) is 148 Å². The molecule has 0 atom stereocenters. The van der Waals surface area contributed by atoms with Crippen molar-refractivity contribution < 1.29 is 1.41 Å². The minimum absolute atomic E-state index is 0.914. The van der Waals surface area contributed by atoms with E-state index in [9.17, 15) is 0 Å². The number of rotatable bonds is 0. The Morgan fingerprint density at radius 1 is 0.429 bits per heavy atom. The van der Waals surface area contributed by atoms with Crippen molar-refractivity contribution >= 4 is 22.9 Å². The van der Waals surface area contributed by atoms with Gasteiger partial charge in [0.05, 0.1) is 22.9 Å². The smallest absolute Gasteiger partial charge is 0.183 e. The topological polar surface area (TPSA) is 12.0 Å². The summed E-state index contributed by atoms with van der Waals surface area (Å²) in [5.74, 6) is 58.7. The Hall–Kier alpha value is -5.19. The standard InChI is InChI=1S/C26H2IN/c1-2-3-4-5-6-7-8-9-10-11-12-13-14-15-16-17-18-19-20-21-22-23-24-25-26-28-27/h1,28H/i/hT. The molecule has 0 aliphatic rings. The highest BCUT2D eigenvalue weighted by molar-refractivity contribution is 14.1. The summed E-state index contributed by atoms with van der Waals surface area (Å²) in [6.45, 7) is 0. The summed E-state index contributed by atoms with van der Waals surface area (Å²) in [7, 11) is 0. The van der Waals surface area contributed by atoms with Crippen LogP contribution >= 0.6 is 22.9 Å². The van der Waals surface area contributed by atoms with Crippen LogP contribution in [0.5, 0.6) is 0 Å². The van der Waals surface area contributed by atoms with E-state index in [0.29, 0.717) is 0 Å². The van der Waals surface area contributed by atoms with Crippen molar-refractivity contribution in [1.82, 2.24) is 3.52 Å². The molecule has 118 valence electrons. The first kappa shape index (κ1) is 20.9. The van der Waals surface area contributed by atoms with Gasteiger partial charge in [0.15, 0.2) is 1.41 Å². The van der Waals surface area contributed by atoms with Crippen LogP contribution < -0.4 is 3.52 Å². The molecule has 0 saturated heterocycles. The van der Waals surface area contributed by atoms with E-state index in [1.165, 1.54) is 0 Å². The van der Waals surface area contributed by atoms with Crippen molar-refractivity contribution in [3.63, 3.8) is 0 Å². The first-order valence-electron chi connectivity index (χ1n) is 7.13. The number of hydrogen-bond donors (Lipinski definition) is 1. The van der Waals surface area contributed by atoms with Crippen LogP contribution in [0.25, 0.3) is 0 Å². The van der Waals surface area contributed by atoms with E-state index in [1.54, 1.807) is 22.9 Å². The number of hydrogen-bond acceptors (Lipinski definition) is 1. The summed E-state index contributed by atoms with van der Waals surface area (Å²) < 4.78 is 7.88. The maximum atomic E-state index is 6.97. The molecule has 2 heteroatoms. The minimum Gasteiger partial charge on any atom is -0.287 e. The largest absolute Gasteiger partial charge is 0.287 e. The first-order valence-corrected chi connectivity index (χ1v) is 7.65. The Balaban J connectivity index is 4.44. The molecule has 0 rings (SSSR count). The molecule has 0 aromatic heterocycles. The lowest BCUT2D eigenvalue weighted by Crippen LogP contribution is -1.77. The van der Waals surface area contributed by atoms with Gasteiger partial charge in [-0.2, -0.15) is 0 Å². The fraction of sp³-hybridized carbons (Fsp3) is 0. The second-order valence-corrected chi connectivity index (χ2v) is 3.70. The lowest BCUT2D eigenvalue weighted by atomic mass is 10.4. The predicted molar refractivity (Wildman–Crippen MR) is 119 cm³/mol. The maximum absolute atomic E-state index is 6.97. The van der Waals surface area contributed by atoms with Crippen LogP contribution in [0.1, 0.15) is 0 Å². The molecule has 0 bridgehead atoms. The van der Waals surface area contributed by atoms with Gasteiger partial charge in [-0.3, -0.25) is 3.52 Å². The molecule has 0 fully saturated rings. The molecule has 0 aliphatic carbocycles. The van der Waals surface area contributed by atoms with Crippen LogP contribution in [-0.4, -0.2) is 0 Å². The van der Waals surface area contributed by atoms with Gasteiger partial charge in [0.1, 0.15) is 0 Å². The van der Waals surface area contributed by atoms with Crippen LogP contribution in [-0.2, 0) is 0 Å². The average Bonchev–Trinajstić information content (AvgIpc) is 2.71. The van der Waals surface area contributed by atoms with Crippen molar-refractivity contribution in [2.45, 2.75) is 0 Å². The van der Waals surface area contributed by atoms with Crippen molar-refractivity contribution in [3.8, 4) is 155 Å². The van der Waals surface area contributed by atoms with Gasteiger partial charge in [-0.25, -0.2) is 0 Å². The second kappa shape index (κ2) is 21.8. The molecule has 0 aliphatic heterocycles. The van der Waals surface area contributed by atoms with Gasteiger partial charge in [-0.1, -0.05) is 0 Å². The molecule has 0 heterocycles. The van der Waals surface area contributed by atoms with Gasteiger partial charge in [0.2, 0.25) is 0 Å². The third-order valence-corrected chi connectivity index (χ3v) is 1.79.